The second-order valence-electron chi connectivity index (χ2n) is 8.29. The molecule has 1 aromatic carbocycles. The molecule has 4 aromatic rings. The van der Waals surface area contributed by atoms with Crippen LogP contribution in [0.5, 0.6) is 0 Å². The summed E-state index contributed by atoms with van der Waals surface area (Å²) < 4.78 is 7.75. The van der Waals surface area contributed by atoms with Crippen LogP contribution >= 0.6 is 0 Å². The standard InChI is InChI=1S/C23H24N8O/c24-22-25-12-17(13-26-22)19-20-21(29-23(28-19)30-7-9-32-10-8-30)31(14-27-20)18-6-5-15-3-1-2-4-16(15)11-18/h1-4,12-14,18H,5-11H2,(H2,24,25,26). The first-order valence-electron chi connectivity index (χ1n) is 11.0. The van der Waals surface area contributed by atoms with Crippen molar-refractivity contribution in [2.75, 3.05) is 36.9 Å². The first-order chi connectivity index (χ1) is 15.8. The van der Waals surface area contributed by atoms with Crippen molar-refractivity contribution in [2.24, 2.45) is 0 Å². The number of morpholine rings is 1. The molecule has 9 heteroatoms. The predicted molar refractivity (Wildman–Crippen MR) is 121 cm³/mol. The Hall–Kier alpha value is -3.59. The van der Waals surface area contributed by atoms with E-state index in [0.717, 1.165) is 54.8 Å². The topological polar surface area (TPSA) is 108 Å². The van der Waals surface area contributed by atoms with E-state index in [0.29, 0.717) is 25.2 Å². The number of rotatable bonds is 3. The highest BCUT2D eigenvalue weighted by Gasteiger charge is 2.25. The van der Waals surface area contributed by atoms with Gasteiger partial charge in [-0.15, -0.1) is 0 Å². The molecule has 6 rings (SSSR count). The molecule has 2 aliphatic rings. The van der Waals surface area contributed by atoms with Crippen molar-refractivity contribution in [1.29, 1.82) is 0 Å². The lowest BCUT2D eigenvalue weighted by Crippen LogP contribution is -2.37. The molecule has 0 spiro atoms. The smallest absolute Gasteiger partial charge is 0.228 e. The molecule has 1 atom stereocenters. The fourth-order valence-corrected chi connectivity index (χ4v) is 4.65. The predicted octanol–water partition coefficient (Wildman–Crippen LogP) is 2.43. The molecule has 0 bridgehead atoms. The van der Waals surface area contributed by atoms with E-state index in [4.69, 9.17) is 25.4 Å². The number of benzene rings is 1. The largest absolute Gasteiger partial charge is 0.378 e. The van der Waals surface area contributed by atoms with E-state index >= 15 is 0 Å². The lowest BCUT2D eigenvalue weighted by molar-refractivity contribution is 0.122. The number of anilines is 2. The third-order valence-corrected chi connectivity index (χ3v) is 6.36. The van der Waals surface area contributed by atoms with Gasteiger partial charge in [-0.3, -0.25) is 0 Å². The van der Waals surface area contributed by atoms with Crippen LogP contribution in [0.25, 0.3) is 22.4 Å². The number of nitrogens with zero attached hydrogens (tertiary/aromatic N) is 7. The van der Waals surface area contributed by atoms with E-state index < -0.39 is 0 Å². The maximum Gasteiger partial charge on any atom is 0.228 e. The van der Waals surface area contributed by atoms with Crippen LogP contribution in [-0.4, -0.2) is 55.8 Å². The number of aromatic nitrogens is 6. The number of ether oxygens (including phenoxy) is 1. The van der Waals surface area contributed by atoms with Gasteiger partial charge in [-0.2, -0.15) is 4.98 Å². The van der Waals surface area contributed by atoms with Crippen molar-refractivity contribution in [1.82, 2.24) is 29.5 Å². The monoisotopic (exact) mass is 428 g/mol. The van der Waals surface area contributed by atoms with Crippen molar-refractivity contribution < 1.29 is 4.74 Å². The van der Waals surface area contributed by atoms with Crippen LogP contribution in [0.2, 0.25) is 0 Å². The van der Waals surface area contributed by atoms with Crippen LogP contribution < -0.4 is 10.6 Å². The minimum absolute atomic E-state index is 0.235. The number of hydrogen-bond donors (Lipinski definition) is 1. The lowest BCUT2D eigenvalue weighted by atomic mass is 9.88. The Morgan fingerprint density at radius 1 is 0.969 bits per heavy atom. The molecule has 3 aromatic heterocycles. The van der Waals surface area contributed by atoms with E-state index in [9.17, 15) is 0 Å². The number of imidazole rings is 1. The number of nitrogens with two attached hydrogens (primary N) is 1. The molecule has 9 nitrogen and oxygen atoms in total. The third-order valence-electron chi connectivity index (χ3n) is 6.36. The maximum absolute atomic E-state index is 5.71. The van der Waals surface area contributed by atoms with Gasteiger partial charge in [-0.05, 0) is 30.4 Å². The van der Waals surface area contributed by atoms with Crippen molar-refractivity contribution in [3.63, 3.8) is 0 Å². The average Bonchev–Trinajstić information content (AvgIpc) is 3.28. The summed E-state index contributed by atoms with van der Waals surface area (Å²) in [6, 6.07) is 9.00. The lowest BCUT2D eigenvalue weighted by Gasteiger charge is -2.28. The van der Waals surface area contributed by atoms with Gasteiger partial charge in [0, 0.05) is 37.1 Å². The number of hydrogen-bond acceptors (Lipinski definition) is 8. The summed E-state index contributed by atoms with van der Waals surface area (Å²) in [7, 11) is 0. The van der Waals surface area contributed by atoms with Crippen molar-refractivity contribution in [3.8, 4) is 11.3 Å². The van der Waals surface area contributed by atoms with Crippen LogP contribution in [0.4, 0.5) is 11.9 Å². The summed E-state index contributed by atoms with van der Waals surface area (Å²) in [6.07, 6.45) is 8.38. The Morgan fingerprint density at radius 3 is 2.56 bits per heavy atom. The van der Waals surface area contributed by atoms with Gasteiger partial charge in [-0.1, -0.05) is 24.3 Å². The molecule has 0 amide bonds. The summed E-state index contributed by atoms with van der Waals surface area (Å²) in [5.41, 5.74) is 11.7. The second-order valence-corrected chi connectivity index (χ2v) is 8.29. The highest BCUT2D eigenvalue weighted by atomic mass is 16.5. The maximum atomic E-state index is 5.71. The van der Waals surface area contributed by atoms with Crippen LogP contribution in [0, 0.1) is 0 Å². The van der Waals surface area contributed by atoms with E-state index in [2.05, 4.69) is 43.7 Å². The average molecular weight is 429 g/mol. The molecular weight excluding hydrogens is 404 g/mol. The molecular formula is C23H24N8O. The SMILES string of the molecule is Nc1ncc(-c2nc(N3CCOCC3)nc3c2ncn3C2CCc3ccccc3C2)cn1. The van der Waals surface area contributed by atoms with Crippen LogP contribution in [-0.2, 0) is 17.6 Å². The molecule has 2 N–H and O–H groups in total. The summed E-state index contributed by atoms with van der Waals surface area (Å²) in [5, 5.41) is 0. The molecule has 0 radical (unpaired) electrons. The van der Waals surface area contributed by atoms with Crippen molar-refractivity contribution >= 4 is 23.1 Å². The molecule has 0 saturated carbocycles. The molecule has 1 aliphatic carbocycles. The third kappa shape index (κ3) is 3.34. The molecule has 1 fully saturated rings. The zero-order valence-corrected chi connectivity index (χ0v) is 17.7. The quantitative estimate of drug-likeness (QED) is 0.530. The molecule has 32 heavy (non-hydrogen) atoms. The molecule has 1 aliphatic heterocycles. The van der Waals surface area contributed by atoms with E-state index in [1.54, 1.807) is 12.4 Å². The summed E-state index contributed by atoms with van der Waals surface area (Å²) in [6.45, 7) is 2.85. The minimum Gasteiger partial charge on any atom is -0.378 e. The number of nitrogen functional groups attached to an aromatic ring is 1. The Balaban J connectivity index is 1.47. The van der Waals surface area contributed by atoms with Gasteiger partial charge in [-0.25, -0.2) is 19.9 Å². The van der Waals surface area contributed by atoms with Crippen LogP contribution in [0.15, 0.2) is 43.0 Å². The zero-order chi connectivity index (χ0) is 21.5. The van der Waals surface area contributed by atoms with Gasteiger partial charge in [0.2, 0.25) is 11.9 Å². The van der Waals surface area contributed by atoms with Crippen molar-refractivity contribution in [3.05, 3.63) is 54.1 Å². The van der Waals surface area contributed by atoms with Crippen LogP contribution in [0.1, 0.15) is 23.6 Å². The highest BCUT2D eigenvalue weighted by Crippen LogP contribution is 2.33. The summed E-state index contributed by atoms with van der Waals surface area (Å²) >= 11 is 0. The molecule has 162 valence electrons. The minimum atomic E-state index is 0.235. The van der Waals surface area contributed by atoms with Gasteiger partial charge >= 0.3 is 0 Å². The van der Waals surface area contributed by atoms with E-state index in [-0.39, 0.29) is 5.95 Å². The van der Waals surface area contributed by atoms with Crippen LogP contribution in [0.3, 0.4) is 0 Å². The Morgan fingerprint density at radius 2 is 1.75 bits per heavy atom. The Kier molecular flexibility index (Phi) is 4.68. The highest BCUT2D eigenvalue weighted by molar-refractivity contribution is 5.88. The zero-order valence-electron chi connectivity index (χ0n) is 17.7. The van der Waals surface area contributed by atoms with Crippen molar-refractivity contribution in [2.45, 2.75) is 25.3 Å². The van der Waals surface area contributed by atoms with Gasteiger partial charge in [0.15, 0.2) is 5.65 Å². The van der Waals surface area contributed by atoms with E-state index in [1.807, 2.05) is 6.33 Å². The van der Waals surface area contributed by atoms with Gasteiger partial charge in [0.05, 0.1) is 19.5 Å². The van der Waals surface area contributed by atoms with E-state index in [1.165, 1.54) is 11.1 Å². The fourth-order valence-electron chi connectivity index (χ4n) is 4.65. The molecule has 1 saturated heterocycles. The first kappa shape index (κ1) is 19.1. The Labute approximate surface area is 185 Å². The summed E-state index contributed by atoms with van der Waals surface area (Å²) in [5.74, 6) is 0.921. The molecule has 1 unspecified atom stereocenters. The Bertz CT molecular complexity index is 1260. The second kappa shape index (κ2) is 7.83. The first-order valence-corrected chi connectivity index (χ1v) is 11.0. The van der Waals surface area contributed by atoms with Gasteiger partial charge < -0.3 is 19.9 Å². The van der Waals surface area contributed by atoms with Gasteiger partial charge in [0.1, 0.15) is 11.2 Å². The van der Waals surface area contributed by atoms with Gasteiger partial charge in [0.25, 0.3) is 0 Å². The molecule has 4 heterocycles. The number of aryl methyl sites for hydroxylation is 1. The normalized spacial score (nSPS) is 18.6. The number of fused-ring (bicyclic) bond motifs is 2. The summed E-state index contributed by atoms with van der Waals surface area (Å²) in [4.78, 5) is 25.1. The fraction of sp³-hybridized carbons (Fsp3) is 0.348.